The third-order valence-corrected chi connectivity index (χ3v) is 6.77. The molecule has 3 rings (SSSR count). The molecule has 24 heavy (non-hydrogen) atoms. The number of nitrogens with zero attached hydrogens (tertiary/aromatic N) is 1. The fourth-order valence-corrected chi connectivity index (χ4v) is 4.76. The van der Waals surface area contributed by atoms with E-state index in [4.69, 9.17) is 0 Å². The van der Waals surface area contributed by atoms with E-state index >= 15 is 0 Å². The molecule has 1 unspecified atom stereocenters. The van der Waals surface area contributed by atoms with Crippen LogP contribution in [0.2, 0.25) is 0 Å². The van der Waals surface area contributed by atoms with E-state index in [1.54, 1.807) is 11.8 Å². The van der Waals surface area contributed by atoms with Gasteiger partial charge in [-0.05, 0) is 75.1 Å². The second-order valence-electron chi connectivity index (χ2n) is 7.24. The van der Waals surface area contributed by atoms with Gasteiger partial charge in [0.2, 0.25) is 5.91 Å². The minimum absolute atomic E-state index is 0.130. The summed E-state index contributed by atoms with van der Waals surface area (Å²) in [5.74, 6) is 1.68. The molecule has 0 bridgehead atoms. The van der Waals surface area contributed by atoms with Crippen LogP contribution >= 0.6 is 11.8 Å². The zero-order chi connectivity index (χ0) is 17.0. The SMILES string of the molecule is CC1(C(=O)Nc2cccc(CN3CCC(CO)CC3)c2)CCCS1. The number of nitrogens with one attached hydrogen (secondary N) is 1. The molecule has 0 radical (unpaired) electrons. The number of rotatable bonds is 5. The molecule has 2 heterocycles. The Balaban J connectivity index is 1.57. The van der Waals surface area contributed by atoms with E-state index in [-0.39, 0.29) is 10.7 Å². The summed E-state index contributed by atoms with van der Waals surface area (Å²) in [6, 6.07) is 8.22. The second kappa shape index (κ2) is 7.89. The number of piperidine rings is 1. The predicted molar refractivity (Wildman–Crippen MR) is 100 cm³/mol. The number of likely N-dealkylation sites (tertiary alicyclic amines) is 1. The Kier molecular flexibility index (Phi) is 5.85. The smallest absolute Gasteiger partial charge is 0.240 e. The maximum atomic E-state index is 12.5. The highest BCUT2D eigenvalue weighted by atomic mass is 32.2. The average Bonchev–Trinajstić information content (AvgIpc) is 3.04. The average molecular weight is 349 g/mol. The molecule has 2 fully saturated rings. The summed E-state index contributed by atoms with van der Waals surface area (Å²) in [7, 11) is 0. The van der Waals surface area contributed by atoms with Gasteiger partial charge in [0, 0.05) is 18.8 Å². The monoisotopic (exact) mass is 348 g/mol. The van der Waals surface area contributed by atoms with Crippen LogP contribution in [0, 0.1) is 5.92 Å². The molecular formula is C19H28N2O2S. The molecule has 0 saturated carbocycles. The van der Waals surface area contributed by atoms with Gasteiger partial charge in [-0.3, -0.25) is 9.69 Å². The van der Waals surface area contributed by atoms with Crippen LogP contribution in [0.15, 0.2) is 24.3 Å². The number of amides is 1. The Morgan fingerprint density at radius 2 is 2.21 bits per heavy atom. The minimum atomic E-state index is -0.276. The number of aliphatic hydroxyl groups excluding tert-OH is 1. The van der Waals surface area contributed by atoms with Crippen molar-refractivity contribution >= 4 is 23.4 Å². The topological polar surface area (TPSA) is 52.6 Å². The predicted octanol–water partition coefficient (Wildman–Crippen LogP) is 3.12. The van der Waals surface area contributed by atoms with Gasteiger partial charge in [0.25, 0.3) is 0 Å². The Hall–Kier alpha value is -1.04. The van der Waals surface area contributed by atoms with Crippen LogP contribution in [0.3, 0.4) is 0 Å². The fraction of sp³-hybridized carbons (Fsp3) is 0.632. The number of hydrogen-bond acceptors (Lipinski definition) is 4. The lowest BCUT2D eigenvalue weighted by Crippen LogP contribution is -2.35. The van der Waals surface area contributed by atoms with Crippen molar-refractivity contribution < 1.29 is 9.90 Å². The lowest BCUT2D eigenvalue weighted by Gasteiger charge is -2.31. The van der Waals surface area contributed by atoms with Crippen LogP contribution < -0.4 is 5.32 Å². The fourth-order valence-electron chi connectivity index (χ4n) is 3.55. The Bertz CT molecular complexity index is 564. The molecule has 132 valence electrons. The number of carbonyl (C=O) groups is 1. The summed E-state index contributed by atoms with van der Waals surface area (Å²) in [4.78, 5) is 15.0. The Morgan fingerprint density at radius 1 is 1.42 bits per heavy atom. The first-order valence-electron chi connectivity index (χ1n) is 8.97. The third-order valence-electron chi connectivity index (χ3n) is 5.26. The van der Waals surface area contributed by atoms with Crippen molar-refractivity contribution in [3.8, 4) is 0 Å². The Morgan fingerprint density at radius 3 is 2.88 bits per heavy atom. The van der Waals surface area contributed by atoms with E-state index in [0.29, 0.717) is 12.5 Å². The van der Waals surface area contributed by atoms with E-state index in [0.717, 1.165) is 56.8 Å². The molecule has 0 aromatic heterocycles. The van der Waals surface area contributed by atoms with Crippen LogP contribution in [0.5, 0.6) is 0 Å². The van der Waals surface area contributed by atoms with Gasteiger partial charge < -0.3 is 10.4 Å². The van der Waals surface area contributed by atoms with E-state index < -0.39 is 0 Å². The molecule has 0 aliphatic carbocycles. The standard InChI is InChI=1S/C19H28N2O2S/c1-19(8-3-11-24-19)18(23)20-17-5-2-4-16(12-17)13-21-9-6-15(14-22)7-10-21/h2,4-5,12,15,22H,3,6-11,13-14H2,1H3,(H,20,23). The molecule has 4 nitrogen and oxygen atoms in total. The number of benzene rings is 1. The largest absolute Gasteiger partial charge is 0.396 e. The van der Waals surface area contributed by atoms with Crippen molar-refractivity contribution in [1.82, 2.24) is 4.90 Å². The highest BCUT2D eigenvalue weighted by Crippen LogP contribution is 2.38. The summed E-state index contributed by atoms with van der Waals surface area (Å²) in [5.41, 5.74) is 2.14. The van der Waals surface area contributed by atoms with Gasteiger partial charge >= 0.3 is 0 Å². The molecule has 1 atom stereocenters. The Labute approximate surface area is 149 Å². The summed E-state index contributed by atoms with van der Waals surface area (Å²) in [6.45, 7) is 5.35. The first kappa shape index (κ1) is 17.8. The molecule has 5 heteroatoms. The van der Waals surface area contributed by atoms with Crippen LogP contribution in [0.1, 0.15) is 38.2 Å². The molecule has 2 saturated heterocycles. The molecule has 1 amide bonds. The van der Waals surface area contributed by atoms with Crippen LogP contribution in [0.25, 0.3) is 0 Å². The molecule has 2 N–H and O–H groups in total. The van der Waals surface area contributed by atoms with Gasteiger partial charge in [-0.2, -0.15) is 0 Å². The third kappa shape index (κ3) is 4.32. The zero-order valence-electron chi connectivity index (χ0n) is 14.5. The van der Waals surface area contributed by atoms with E-state index in [2.05, 4.69) is 29.3 Å². The highest BCUT2D eigenvalue weighted by Gasteiger charge is 2.37. The minimum Gasteiger partial charge on any atom is -0.396 e. The zero-order valence-corrected chi connectivity index (χ0v) is 15.3. The molecule has 1 aromatic carbocycles. The number of anilines is 1. The second-order valence-corrected chi connectivity index (χ2v) is 8.84. The van der Waals surface area contributed by atoms with Crippen molar-refractivity contribution in [2.75, 3.05) is 30.8 Å². The first-order valence-corrected chi connectivity index (χ1v) is 9.95. The summed E-state index contributed by atoms with van der Waals surface area (Å²) < 4.78 is -0.276. The molecule has 1 aromatic rings. The maximum Gasteiger partial charge on any atom is 0.240 e. The van der Waals surface area contributed by atoms with Crippen molar-refractivity contribution in [2.45, 2.75) is 43.9 Å². The van der Waals surface area contributed by atoms with Gasteiger partial charge in [0.15, 0.2) is 0 Å². The van der Waals surface area contributed by atoms with E-state index in [9.17, 15) is 9.90 Å². The van der Waals surface area contributed by atoms with Gasteiger partial charge in [-0.15, -0.1) is 11.8 Å². The van der Waals surface area contributed by atoms with Gasteiger partial charge in [-0.25, -0.2) is 0 Å². The summed E-state index contributed by atoms with van der Waals surface area (Å²) in [6.07, 6.45) is 4.23. The number of thioether (sulfide) groups is 1. The van der Waals surface area contributed by atoms with Gasteiger partial charge in [0.05, 0.1) is 4.75 Å². The van der Waals surface area contributed by atoms with Crippen LogP contribution in [-0.2, 0) is 11.3 Å². The molecule has 2 aliphatic heterocycles. The number of carbonyl (C=O) groups excluding carboxylic acids is 1. The first-order chi connectivity index (χ1) is 11.6. The normalized spacial score (nSPS) is 25.8. The lowest BCUT2D eigenvalue weighted by atomic mass is 9.97. The van der Waals surface area contributed by atoms with Crippen LogP contribution in [0.4, 0.5) is 5.69 Å². The highest BCUT2D eigenvalue weighted by molar-refractivity contribution is 8.01. The van der Waals surface area contributed by atoms with Crippen LogP contribution in [-0.4, -0.2) is 46.1 Å². The van der Waals surface area contributed by atoms with Gasteiger partial charge in [-0.1, -0.05) is 12.1 Å². The van der Waals surface area contributed by atoms with Crippen molar-refractivity contribution in [3.63, 3.8) is 0 Å². The molecule has 0 spiro atoms. The van der Waals surface area contributed by atoms with Crippen molar-refractivity contribution in [1.29, 1.82) is 0 Å². The maximum absolute atomic E-state index is 12.5. The van der Waals surface area contributed by atoms with E-state index in [1.165, 1.54) is 5.56 Å². The number of hydrogen-bond donors (Lipinski definition) is 2. The molecular weight excluding hydrogens is 320 g/mol. The quantitative estimate of drug-likeness (QED) is 0.858. The van der Waals surface area contributed by atoms with Gasteiger partial charge in [0.1, 0.15) is 0 Å². The van der Waals surface area contributed by atoms with Crippen molar-refractivity contribution in [3.05, 3.63) is 29.8 Å². The summed E-state index contributed by atoms with van der Waals surface area (Å²) in [5, 5.41) is 12.3. The number of aliphatic hydroxyl groups is 1. The molecule has 2 aliphatic rings. The lowest BCUT2D eigenvalue weighted by molar-refractivity contribution is -0.118. The summed E-state index contributed by atoms with van der Waals surface area (Å²) >= 11 is 1.77. The van der Waals surface area contributed by atoms with Crippen molar-refractivity contribution in [2.24, 2.45) is 5.92 Å². The van der Waals surface area contributed by atoms with E-state index in [1.807, 2.05) is 12.1 Å².